The van der Waals surface area contributed by atoms with Crippen molar-refractivity contribution in [1.82, 2.24) is 10.3 Å². The van der Waals surface area contributed by atoms with Gasteiger partial charge < -0.3 is 5.32 Å². The van der Waals surface area contributed by atoms with E-state index in [0.29, 0.717) is 6.04 Å². The molecule has 2 nitrogen and oxygen atoms in total. The molecule has 84 valence electrons. The van der Waals surface area contributed by atoms with E-state index in [1.165, 1.54) is 17.5 Å². The third-order valence-corrected chi connectivity index (χ3v) is 3.06. The van der Waals surface area contributed by atoms with Gasteiger partial charge in [-0.15, -0.1) is 0 Å². The van der Waals surface area contributed by atoms with Crippen LogP contribution in [0.5, 0.6) is 0 Å². The molecule has 0 amide bonds. The van der Waals surface area contributed by atoms with Crippen LogP contribution in [-0.2, 0) is 6.54 Å². The summed E-state index contributed by atoms with van der Waals surface area (Å²) in [5, 5.41) is 3.54. The molecule has 0 spiro atoms. The van der Waals surface area contributed by atoms with Crippen molar-refractivity contribution in [3.05, 3.63) is 29.6 Å². The van der Waals surface area contributed by atoms with Gasteiger partial charge in [-0.05, 0) is 30.9 Å². The van der Waals surface area contributed by atoms with Gasteiger partial charge in [0.15, 0.2) is 0 Å². The highest BCUT2D eigenvalue weighted by Gasteiger charge is 2.08. The molecule has 0 bridgehead atoms. The summed E-state index contributed by atoms with van der Waals surface area (Å²) in [6.07, 6.45) is 5.05. The van der Waals surface area contributed by atoms with E-state index in [4.69, 9.17) is 0 Å². The molecule has 1 aromatic heterocycles. The molecule has 2 atom stereocenters. The molecule has 0 aliphatic carbocycles. The fraction of sp³-hybridized carbons (Fsp3) is 0.615. The maximum Gasteiger partial charge on any atom is 0.0313 e. The number of rotatable bonds is 5. The highest BCUT2D eigenvalue weighted by molar-refractivity contribution is 5.16. The first kappa shape index (κ1) is 12.2. The van der Waals surface area contributed by atoms with Gasteiger partial charge in [-0.1, -0.05) is 26.3 Å². The number of pyridine rings is 1. The number of aryl methyl sites for hydroxylation is 1. The van der Waals surface area contributed by atoms with Gasteiger partial charge in [-0.3, -0.25) is 4.98 Å². The van der Waals surface area contributed by atoms with Crippen LogP contribution in [-0.4, -0.2) is 11.0 Å². The van der Waals surface area contributed by atoms with E-state index in [0.717, 1.165) is 12.5 Å². The summed E-state index contributed by atoms with van der Waals surface area (Å²) in [6, 6.07) is 2.75. The first-order valence-corrected chi connectivity index (χ1v) is 5.77. The number of aromatic nitrogens is 1. The normalized spacial score (nSPS) is 14.9. The molecule has 0 radical (unpaired) electrons. The Hall–Kier alpha value is -0.890. The van der Waals surface area contributed by atoms with Crippen molar-refractivity contribution >= 4 is 0 Å². The van der Waals surface area contributed by atoms with Crippen molar-refractivity contribution in [1.29, 1.82) is 0 Å². The highest BCUT2D eigenvalue weighted by Crippen LogP contribution is 2.08. The van der Waals surface area contributed by atoms with Gasteiger partial charge in [0.1, 0.15) is 0 Å². The second kappa shape index (κ2) is 5.86. The lowest BCUT2D eigenvalue weighted by molar-refractivity contribution is 0.389. The fourth-order valence-electron chi connectivity index (χ4n) is 1.55. The van der Waals surface area contributed by atoms with Crippen molar-refractivity contribution in [3.63, 3.8) is 0 Å². The van der Waals surface area contributed by atoms with Crippen LogP contribution in [0, 0.1) is 12.8 Å². The van der Waals surface area contributed by atoms with Crippen molar-refractivity contribution < 1.29 is 0 Å². The fourth-order valence-corrected chi connectivity index (χ4v) is 1.55. The number of nitrogens with zero attached hydrogens (tertiary/aromatic N) is 1. The van der Waals surface area contributed by atoms with Crippen molar-refractivity contribution in [2.24, 2.45) is 5.92 Å². The zero-order valence-corrected chi connectivity index (χ0v) is 10.2. The number of nitrogens with one attached hydrogen (secondary N) is 1. The summed E-state index contributed by atoms with van der Waals surface area (Å²) in [4.78, 5) is 4.19. The Morgan fingerprint density at radius 1 is 1.33 bits per heavy atom. The summed E-state index contributed by atoms with van der Waals surface area (Å²) in [7, 11) is 0. The van der Waals surface area contributed by atoms with Crippen LogP contribution in [0.4, 0.5) is 0 Å². The molecule has 15 heavy (non-hydrogen) atoms. The first-order valence-electron chi connectivity index (χ1n) is 5.77. The van der Waals surface area contributed by atoms with Crippen LogP contribution in [0.15, 0.2) is 18.5 Å². The average Bonchev–Trinajstić information content (AvgIpc) is 2.25. The van der Waals surface area contributed by atoms with Gasteiger partial charge >= 0.3 is 0 Å². The molecular formula is C13H22N2. The van der Waals surface area contributed by atoms with E-state index < -0.39 is 0 Å². The van der Waals surface area contributed by atoms with E-state index >= 15 is 0 Å². The standard InChI is InChI=1S/C13H22N2/c1-5-11(3)12(4)15-9-13-6-10(2)7-14-8-13/h6-8,11-12,15H,5,9H2,1-4H3. The topological polar surface area (TPSA) is 24.9 Å². The third kappa shape index (κ3) is 4.00. The summed E-state index contributed by atoms with van der Waals surface area (Å²) < 4.78 is 0. The first-order chi connectivity index (χ1) is 7.13. The molecule has 1 N–H and O–H groups in total. The van der Waals surface area contributed by atoms with Crippen LogP contribution in [0.2, 0.25) is 0 Å². The van der Waals surface area contributed by atoms with Gasteiger partial charge in [0.25, 0.3) is 0 Å². The van der Waals surface area contributed by atoms with Crippen LogP contribution in [0.1, 0.15) is 38.3 Å². The molecule has 2 heteroatoms. The smallest absolute Gasteiger partial charge is 0.0313 e. The Labute approximate surface area is 93.1 Å². The largest absolute Gasteiger partial charge is 0.310 e. The predicted octanol–water partition coefficient (Wildman–Crippen LogP) is 2.91. The van der Waals surface area contributed by atoms with Crippen LogP contribution in [0.3, 0.4) is 0 Å². The summed E-state index contributed by atoms with van der Waals surface area (Å²) in [5.41, 5.74) is 2.50. The lowest BCUT2D eigenvalue weighted by Crippen LogP contribution is -2.31. The molecule has 0 aliphatic heterocycles. The Morgan fingerprint density at radius 2 is 2.07 bits per heavy atom. The zero-order valence-electron chi connectivity index (χ0n) is 10.2. The van der Waals surface area contributed by atoms with Crippen LogP contribution < -0.4 is 5.32 Å². The predicted molar refractivity (Wildman–Crippen MR) is 64.7 cm³/mol. The summed E-state index contributed by atoms with van der Waals surface area (Å²) >= 11 is 0. The summed E-state index contributed by atoms with van der Waals surface area (Å²) in [5.74, 6) is 0.725. The van der Waals surface area contributed by atoms with E-state index in [2.05, 4.69) is 44.1 Å². The SMILES string of the molecule is CCC(C)C(C)NCc1cncc(C)c1. The van der Waals surface area contributed by atoms with Gasteiger partial charge in [0.05, 0.1) is 0 Å². The van der Waals surface area contributed by atoms with Crippen LogP contribution in [0.25, 0.3) is 0 Å². The van der Waals surface area contributed by atoms with Gasteiger partial charge in [-0.25, -0.2) is 0 Å². The molecule has 0 saturated heterocycles. The Kier molecular flexibility index (Phi) is 4.76. The Bertz CT molecular complexity index is 296. The Balaban J connectivity index is 2.43. The molecular weight excluding hydrogens is 184 g/mol. The molecule has 0 aromatic carbocycles. The number of hydrogen-bond donors (Lipinski definition) is 1. The molecule has 0 aliphatic rings. The average molecular weight is 206 g/mol. The second-order valence-corrected chi connectivity index (χ2v) is 4.43. The van der Waals surface area contributed by atoms with E-state index in [1.54, 1.807) is 0 Å². The summed E-state index contributed by atoms with van der Waals surface area (Å²) in [6.45, 7) is 9.76. The van der Waals surface area contributed by atoms with Crippen molar-refractivity contribution in [3.8, 4) is 0 Å². The highest BCUT2D eigenvalue weighted by atomic mass is 14.9. The van der Waals surface area contributed by atoms with E-state index in [9.17, 15) is 0 Å². The number of hydrogen-bond acceptors (Lipinski definition) is 2. The maximum absolute atomic E-state index is 4.19. The minimum absolute atomic E-state index is 0.565. The lowest BCUT2D eigenvalue weighted by Gasteiger charge is -2.19. The van der Waals surface area contributed by atoms with Crippen LogP contribution >= 0.6 is 0 Å². The third-order valence-electron chi connectivity index (χ3n) is 3.06. The molecule has 1 rings (SSSR count). The van der Waals surface area contributed by atoms with E-state index in [1.807, 2.05) is 12.4 Å². The molecule has 2 unspecified atom stereocenters. The van der Waals surface area contributed by atoms with Gasteiger partial charge in [-0.2, -0.15) is 0 Å². The second-order valence-electron chi connectivity index (χ2n) is 4.43. The molecule has 1 heterocycles. The minimum Gasteiger partial charge on any atom is -0.310 e. The molecule has 0 fully saturated rings. The van der Waals surface area contributed by atoms with Gasteiger partial charge in [0, 0.05) is 25.0 Å². The Morgan fingerprint density at radius 3 is 2.67 bits per heavy atom. The molecule has 0 saturated carbocycles. The maximum atomic E-state index is 4.19. The minimum atomic E-state index is 0.565. The van der Waals surface area contributed by atoms with E-state index in [-0.39, 0.29) is 0 Å². The lowest BCUT2D eigenvalue weighted by atomic mass is 10.0. The van der Waals surface area contributed by atoms with Crippen molar-refractivity contribution in [2.75, 3.05) is 0 Å². The molecule has 1 aromatic rings. The van der Waals surface area contributed by atoms with Gasteiger partial charge in [0.2, 0.25) is 0 Å². The van der Waals surface area contributed by atoms with Crippen molar-refractivity contribution in [2.45, 2.75) is 46.7 Å². The quantitative estimate of drug-likeness (QED) is 0.801. The monoisotopic (exact) mass is 206 g/mol. The zero-order chi connectivity index (χ0) is 11.3.